The van der Waals surface area contributed by atoms with E-state index in [9.17, 15) is 14.7 Å². The molecule has 1 aromatic heterocycles. The zero-order chi connectivity index (χ0) is 18.1. The molecule has 2 rings (SSSR count). The van der Waals surface area contributed by atoms with Crippen molar-refractivity contribution in [2.24, 2.45) is 0 Å². The zero-order valence-corrected chi connectivity index (χ0v) is 15.0. The first-order chi connectivity index (χ1) is 11.1. The van der Waals surface area contributed by atoms with E-state index in [1.54, 1.807) is 4.90 Å². The Morgan fingerprint density at radius 1 is 1.29 bits per heavy atom. The summed E-state index contributed by atoms with van der Waals surface area (Å²) in [4.78, 5) is 29.4. The molecule has 1 aliphatic rings. The quantitative estimate of drug-likeness (QED) is 0.905. The largest absolute Gasteiger partial charge is 0.475 e. The number of oxazole rings is 1. The van der Waals surface area contributed by atoms with Gasteiger partial charge in [-0.3, -0.25) is 0 Å². The van der Waals surface area contributed by atoms with E-state index >= 15 is 0 Å². The molecule has 1 amide bonds. The number of aromatic carboxylic acids is 1. The molecule has 0 aromatic carbocycles. The molecular formula is C17H26N2O5. The van der Waals surface area contributed by atoms with Crippen molar-refractivity contribution >= 4 is 12.1 Å². The van der Waals surface area contributed by atoms with Crippen molar-refractivity contribution in [3.05, 3.63) is 17.3 Å². The number of carbonyl (C=O) groups excluding carboxylic acids is 1. The van der Waals surface area contributed by atoms with Crippen LogP contribution in [0.3, 0.4) is 0 Å². The first kappa shape index (κ1) is 18.3. The number of piperidine rings is 1. The molecule has 0 atom stereocenters. The van der Waals surface area contributed by atoms with Crippen LogP contribution in [0.15, 0.2) is 4.42 Å². The lowest BCUT2D eigenvalue weighted by Gasteiger charge is -2.32. The predicted molar refractivity (Wildman–Crippen MR) is 87.3 cm³/mol. The minimum atomic E-state index is -1.09. The second-order valence-corrected chi connectivity index (χ2v) is 7.47. The van der Waals surface area contributed by atoms with Crippen molar-refractivity contribution in [2.75, 3.05) is 13.1 Å². The van der Waals surface area contributed by atoms with Crippen LogP contribution in [-0.2, 0) is 4.74 Å². The van der Waals surface area contributed by atoms with Crippen molar-refractivity contribution in [1.29, 1.82) is 0 Å². The molecule has 0 radical (unpaired) electrons. The number of aromatic nitrogens is 1. The van der Waals surface area contributed by atoms with E-state index in [-0.39, 0.29) is 23.7 Å². The molecule has 7 nitrogen and oxygen atoms in total. The molecule has 134 valence electrons. The molecule has 1 fully saturated rings. The van der Waals surface area contributed by atoms with Gasteiger partial charge in [0.2, 0.25) is 5.76 Å². The third-order valence-corrected chi connectivity index (χ3v) is 3.91. The first-order valence-corrected chi connectivity index (χ1v) is 8.30. The number of ether oxygens (including phenoxy) is 1. The number of hydrogen-bond donors (Lipinski definition) is 1. The van der Waals surface area contributed by atoms with Gasteiger partial charge in [-0.25, -0.2) is 14.6 Å². The lowest BCUT2D eigenvalue weighted by molar-refractivity contribution is 0.0199. The van der Waals surface area contributed by atoms with Gasteiger partial charge in [0.25, 0.3) is 0 Å². The standard InChI is InChI=1S/C17H26N2O5/c1-10(2)12-13(15(20)21)23-14(18-12)11-6-8-19(9-7-11)16(22)24-17(3,4)5/h10-11H,6-9H2,1-5H3,(H,20,21). The van der Waals surface area contributed by atoms with E-state index in [0.717, 1.165) is 0 Å². The lowest BCUT2D eigenvalue weighted by Crippen LogP contribution is -2.41. The zero-order valence-electron chi connectivity index (χ0n) is 15.0. The van der Waals surface area contributed by atoms with Crippen LogP contribution in [0, 0.1) is 0 Å². The second kappa shape index (κ2) is 6.83. The summed E-state index contributed by atoms with van der Waals surface area (Å²) in [5.74, 6) is -0.706. The Labute approximate surface area is 142 Å². The summed E-state index contributed by atoms with van der Waals surface area (Å²) in [6.07, 6.45) is 1.04. The second-order valence-electron chi connectivity index (χ2n) is 7.47. The third-order valence-electron chi connectivity index (χ3n) is 3.91. The number of likely N-dealkylation sites (tertiary alicyclic amines) is 1. The highest BCUT2D eigenvalue weighted by atomic mass is 16.6. The van der Waals surface area contributed by atoms with Gasteiger partial charge in [-0.15, -0.1) is 0 Å². The first-order valence-electron chi connectivity index (χ1n) is 8.30. The number of nitrogens with zero attached hydrogens (tertiary/aromatic N) is 2. The number of hydrogen-bond acceptors (Lipinski definition) is 5. The smallest absolute Gasteiger partial charge is 0.410 e. The number of carbonyl (C=O) groups is 2. The predicted octanol–water partition coefficient (Wildman–Crippen LogP) is 3.61. The highest BCUT2D eigenvalue weighted by Gasteiger charge is 2.31. The number of rotatable bonds is 3. The fourth-order valence-corrected chi connectivity index (χ4v) is 2.70. The minimum absolute atomic E-state index is 0.0181. The van der Waals surface area contributed by atoms with Gasteiger partial charge in [0, 0.05) is 19.0 Å². The Hall–Kier alpha value is -2.05. The van der Waals surface area contributed by atoms with Gasteiger partial charge in [0.15, 0.2) is 5.89 Å². The van der Waals surface area contributed by atoms with Gasteiger partial charge in [-0.2, -0.15) is 0 Å². The van der Waals surface area contributed by atoms with E-state index in [1.165, 1.54) is 0 Å². The van der Waals surface area contributed by atoms with Gasteiger partial charge < -0.3 is 19.2 Å². The average Bonchev–Trinajstić information content (AvgIpc) is 2.91. The molecular weight excluding hydrogens is 312 g/mol. The average molecular weight is 338 g/mol. The topological polar surface area (TPSA) is 92.9 Å². The van der Waals surface area contributed by atoms with E-state index < -0.39 is 11.6 Å². The Bertz CT molecular complexity index is 607. The van der Waals surface area contributed by atoms with Crippen LogP contribution in [0.4, 0.5) is 4.79 Å². The van der Waals surface area contributed by atoms with Crippen LogP contribution in [0.1, 0.15) is 81.4 Å². The van der Waals surface area contributed by atoms with Crippen molar-refractivity contribution < 1.29 is 23.8 Å². The maximum atomic E-state index is 12.1. The fourth-order valence-electron chi connectivity index (χ4n) is 2.70. The highest BCUT2D eigenvalue weighted by molar-refractivity contribution is 5.85. The summed E-state index contributed by atoms with van der Waals surface area (Å²) in [5, 5.41) is 9.25. The molecule has 1 saturated heterocycles. The SMILES string of the molecule is CC(C)c1nc(C2CCN(C(=O)OC(C)(C)C)CC2)oc1C(=O)O. The normalized spacial score (nSPS) is 16.5. The monoisotopic (exact) mass is 338 g/mol. The fraction of sp³-hybridized carbons (Fsp3) is 0.706. The van der Waals surface area contributed by atoms with Crippen LogP contribution in [0.2, 0.25) is 0 Å². The molecule has 2 heterocycles. The molecule has 0 spiro atoms. The van der Waals surface area contributed by atoms with E-state index in [0.29, 0.717) is 37.5 Å². The Morgan fingerprint density at radius 2 is 1.88 bits per heavy atom. The number of carboxylic acid groups (broad SMARTS) is 1. The molecule has 0 saturated carbocycles. The molecule has 0 aliphatic carbocycles. The Kier molecular flexibility index (Phi) is 5.20. The summed E-state index contributed by atoms with van der Waals surface area (Å²) in [6, 6.07) is 0. The molecule has 7 heteroatoms. The van der Waals surface area contributed by atoms with E-state index in [2.05, 4.69) is 4.98 Å². The van der Waals surface area contributed by atoms with Crippen LogP contribution in [0.25, 0.3) is 0 Å². The van der Waals surface area contributed by atoms with Gasteiger partial charge in [-0.1, -0.05) is 13.8 Å². The van der Waals surface area contributed by atoms with Gasteiger partial charge in [0.05, 0.1) is 5.69 Å². The summed E-state index contributed by atoms with van der Waals surface area (Å²) < 4.78 is 10.9. The van der Waals surface area contributed by atoms with Gasteiger partial charge >= 0.3 is 12.1 Å². The van der Waals surface area contributed by atoms with Crippen molar-refractivity contribution in [2.45, 2.75) is 64.9 Å². The maximum absolute atomic E-state index is 12.1. The van der Waals surface area contributed by atoms with Crippen LogP contribution in [-0.4, -0.2) is 45.7 Å². The summed E-state index contributed by atoms with van der Waals surface area (Å²) in [5.41, 5.74) is -0.0361. The Balaban J connectivity index is 2.03. The summed E-state index contributed by atoms with van der Waals surface area (Å²) >= 11 is 0. The molecule has 1 N–H and O–H groups in total. The van der Waals surface area contributed by atoms with Crippen molar-refractivity contribution in [1.82, 2.24) is 9.88 Å². The van der Waals surface area contributed by atoms with Gasteiger partial charge in [0.1, 0.15) is 5.60 Å². The van der Waals surface area contributed by atoms with Gasteiger partial charge in [-0.05, 0) is 39.5 Å². The van der Waals surface area contributed by atoms with Crippen LogP contribution < -0.4 is 0 Å². The van der Waals surface area contributed by atoms with Crippen LogP contribution >= 0.6 is 0 Å². The molecule has 0 unspecified atom stereocenters. The molecule has 0 bridgehead atoms. The Morgan fingerprint density at radius 3 is 2.29 bits per heavy atom. The lowest BCUT2D eigenvalue weighted by atomic mass is 9.97. The number of carboxylic acids is 1. The number of amides is 1. The van der Waals surface area contributed by atoms with Crippen LogP contribution in [0.5, 0.6) is 0 Å². The summed E-state index contributed by atoms with van der Waals surface area (Å²) in [6.45, 7) is 10.4. The molecule has 1 aromatic rings. The maximum Gasteiger partial charge on any atom is 0.410 e. The molecule has 1 aliphatic heterocycles. The van der Waals surface area contributed by atoms with Crippen molar-refractivity contribution in [3.8, 4) is 0 Å². The van der Waals surface area contributed by atoms with E-state index in [4.69, 9.17) is 9.15 Å². The highest BCUT2D eigenvalue weighted by Crippen LogP contribution is 2.31. The van der Waals surface area contributed by atoms with E-state index in [1.807, 2.05) is 34.6 Å². The molecule has 24 heavy (non-hydrogen) atoms. The third kappa shape index (κ3) is 4.27. The van der Waals surface area contributed by atoms with Crippen molar-refractivity contribution in [3.63, 3.8) is 0 Å². The summed E-state index contributed by atoms with van der Waals surface area (Å²) in [7, 11) is 0. The minimum Gasteiger partial charge on any atom is -0.475 e.